The van der Waals surface area contributed by atoms with Gasteiger partial charge in [-0.2, -0.15) is 0 Å². The Labute approximate surface area is 599 Å². The van der Waals surface area contributed by atoms with E-state index in [0.717, 1.165) is 199 Å². The Hall–Kier alpha value is -15.0. The lowest BCUT2D eigenvalue weighted by Gasteiger charge is -2.12. The summed E-state index contributed by atoms with van der Waals surface area (Å²) in [4.78, 5) is 91.1. The second kappa shape index (κ2) is 23.3. The third kappa shape index (κ3) is 9.37. The van der Waals surface area contributed by atoms with Crippen molar-refractivity contribution in [2.75, 3.05) is 0 Å². The van der Waals surface area contributed by atoms with Crippen molar-refractivity contribution < 1.29 is 0 Å². The molecule has 18 heteroatoms. The van der Waals surface area contributed by atoms with Crippen LogP contribution >= 0.6 is 0 Å². The van der Waals surface area contributed by atoms with Crippen LogP contribution in [0.15, 0.2) is 280 Å². The minimum atomic E-state index is 0.680. The minimum Gasteiger partial charge on any atom is -0.255 e. The van der Waals surface area contributed by atoms with Gasteiger partial charge in [-0.05, 0) is 121 Å². The zero-order valence-corrected chi connectivity index (χ0v) is 55.6. The number of pyridine rings is 18. The SMILES string of the molecule is c1cnc2c(-c3ccc4ccc5ccc(-c6ccnc7c(-c8ccc9ccc%10ccc(-c%11ccnc%12c(-c%13ccc%14ccc%15ccc(-c%16ccnc%17c(-c%18ccc%19ccc%20ccc(-c%21ccnc%22cccnc%21%22)nc%20c%19n%18)ccnc%16%17)nc%15c%14n%13)ccnc%11%12)nc%10c9n8)ccnc67)nc5c4n3)ccnc2c1. The molecule has 488 valence electrons. The molecular weight excluding hydrogens is 1310 g/mol. The van der Waals surface area contributed by atoms with Crippen LogP contribution in [0.25, 0.3) is 232 Å². The molecule has 18 heterocycles. The molecule has 106 heavy (non-hydrogen) atoms. The Morgan fingerprint density at radius 3 is 0.481 bits per heavy atom. The third-order valence-corrected chi connectivity index (χ3v) is 20.2. The van der Waals surface area contributed by atoms with Gasteiger partial charge in [0, 0.05) is 150 Å². The van der Waals surface area contributed by atoms with Gasteiger partial charge in [0.05, 0.1) is 145 Å². The summed E-state index contributed by atoms with van der Waals surface area (Å²) in [7, 11) is 0. The smallest absolute Gasteiger partial charge is 0.0987 e. The average Bonchev–Trinajstić information content (AvgIpc) is 0.750. The molecule has 0 N–H and O–H groups in total. The maximum atomic E-state index is 5.43. The van der Waals surface area contributed by atoms with Crippen LogP contribution in [0.2, 0.25) is 0 Å². The number of fused-ring (bicyclic) bond motifs is 17. The highest BCUT2D eigenvalue weighted by Crippen LogP contribution is 2.41. The predicted molar refractivity (Wildman–Crippen MR) is 418 cm³/mol. The van der Waals surface area contributed by atoms with Crippen molar-refractivity contribution >= 4 is 142 Å². The number of benzene rings is 4. The number of nitrogens with zero attached hydrogens (tertiary/aromatic N) is 18. The van der Waals surface area contributed by atoms with E-state index in [2.05, 4.69) is 117 Å². The van der Waals surface area contributed by atoms with Gasteiger partial charge in [-0.1, -0.05) is 97.1 Å². The molecule has 0 aliphatic heterocycles. The van der Waals surface area contributed by atoms with Gasteiger partial charge in [0.2, 0.25) is 0 Å². The minimum absolute atomic E-state index is 0.680. The van der Waals surface area contributed by atoms with Gasteiger partial charge < -0.3 is 0 Å². The van der Waals surface area contributed by atoms with Crippen molar-refractivity contribution in [3.05, 3.63) is 280 Å². The summed E-state index contributed by atoms with van der Waals surface area (Å²) in [6.07, 6.45) is 18.0. The second-order valence-electron chi connectivity index (χ2n) is 26.1. The second-order valence-corrected chi connectivity index (χ2v) is 26.1. The van der Waals surface area contributed by atoms with Gasteiger partial charge in [0.25, 0.3) is 0 Å². The Morgan fingerprint density at radius 1 is 0.123 bits per heavy atom. The first kappa shape index (κ1) is 58.7. The van der Waals surface area contributed by atoms with E-state index in [1.165, 1.54) is 0 Å². The third-order valence-electron chi connectivity index (χ3n) is 20.2. The largest absolute Gasteiger partial charge is 0.255 e. The van der Waals surface area contributed by atoms with Gasteiger partial charge in [-0.3, -0.25) is 49.8 Å². The molecule has 0 aliphatic carbocycles. The molecule has 22 aromatic rings. The first-order valence-electron chi connectivity index (χ1n) is 34.5. The van der Waals surface area contributed by atoms with E-state index in [4.69, 9.17) is 69.8 Å². The van der Waals surface area contributed by atoms with E-state index in [1.54, 1.807) is 24.8 Å². The zero-order chi connectivity index (χ0) is 69.5. The van der Waals surface area contributed by atoms with Crippen molar-refractivity contribution in [1.29, 1.82) is 0 Å². The number of hydrogen-bond acceptors (Lipinski definition) is 18. The van der Waals surface area contributed by atoms with Crippen molar-refractivity contribution in [2.45, 2.75) is 0 Å². The normalized spacial score (nSPS) is 12.0. The molecule has 0 atom stereocenters. The van der Waals surface area contributed by atoms with Gasteiger partial charge >= 0.3 is 0 Å². The van der Waals surface area contributed by atoms with Crippen LogP contribution in [0.4, 0.5) is 0 Å². The monoisotopic (exact) mass is 1350 g/mol. The van der Waals surface area contributed by atoms with Gasteiger partial charge in [0.1, 0.15) is 0 Å². The Bertz CT molecular complexity index is 7120. The molecule has 0 spiro atoms. The lowest BCUT2D eigenvalue weighted by Crippen LogP contribution is -1.96. The first-order valence-corrected chi connectivity index (χ1v) is 34.5. The molecule has 18 aromatic heterocycles. The Kier molecular flexibility index (Phi) is 12.9. The number of rotatable bonds is 8. The number of hydrogen-bond donors (Lipinski definition) is 0. The van der Waals surface area contributed by atoms with Crippen molar-refractivity contribution in [3.63, 3.8) is 0 Å². The molecule has 0 amide bonds. The molecule has 0 aliphatic rings. The molecule has 0 saturated carbocycles. The van der Waals surface area contributed by atoms with E-state index < -0.39 is 0 Å². The standard InChI is InChI=1S/C88H46N18/c1-3-71-81(91-37-1)55(29-39-89-71)63-21-13-47-5-7-49-15-23-65(101-75(49)73(47)99-63)57-31-41-95-85-59(33-43-93-83(57)85)67-25-17-51-9-11-53-19-27-69(105-79(53)77(51)103-67)61-35-45-98-88-62(36-46-97-87(61)88)70-28-20-54-12-10-52-18-26-68(104-78(52)80(54)106-70)60-34-44-94-84-58(32-42-96-86(60)84)66-24-16-50-8-6-48-14-22-64(100-74(48)76(50)102-66)56-30-40-90-72-4-2-38-92-82(56)72/h1-46H. The van der Waals surface area contributed by atoms with Crippen LogP contribution in [0.1, 0.15) is 0 Å². The highest BCUT2D eigenvalue weighted by molar-refractivity contribution is 6.12. The van der Waals surface area contributed by atoms with E-state index in [1.807, 2.05) is 159 Å². The van der Waals surface area contributed by atoms with Crippen molar-refractivity contribution in [3.8, 4) is 90.1 Å². The first-order chi connectivity index (χ1) is 52.5. The van der Waals surface area contributed by atoms with Crippen LogP contribution in [0.3, 0.4) is 0 Å². The molecular formula is C88H46N18. The molecule has 0 saturated heterocycles. The fourth-order valence-corrected chi connectivity index (χ4v) is 15.0. The van der Waals surface area contributed by atoms with E-state index in [-0.39, 0.29) is 0 Å². The highest BCUT2D eigenvalue weighted by atomic mass is 14.9. The fraction of sp³-hybridized carbons (Fsp3) is 0. The van der Waals surface area contributed by atoms with Gasteiger partial charge in [-0.15, -0.1) is 0 Å². The molecule has 0 radical (unpaired) electrons. The van der Waals surface area contributed by atoms with Crippen LogP contribution in [-0.2, 0) is 0 Å². The topological polar surface area (TPSA) is 232 Å². The van der Waals surface area contributed by atoms with Crippen LogP contribution in [-0.4, -0.2) is 89.7 Å². The Balaban J connectivity index is 0.597. The summed E-state index contributed by atoms with van der Waals surface area (Å²) in [5.74, 6) is 0. The summed E-state index contributed by atoms with van der Waals surface area (Å²) in [6.45, 7) is 0. The molecule has 18 nitrogen and oxygen atoms in total. The molecule has 0 unspecified atom stereocenters. The van der Waals surface area contributed by atoms with Crippen molar-refractivity contribution in [2.24, 2.45) is 0 Å². The average molecular weight is 1360 g/mol. The predicted octanol–water partition coefficient (Wildman–Crippen LogP) is 19.1. The van der Waals surface area contributed by atoms with Crippen LogP contribution < -0.4 is 0 Å². The van der Waals surface area contributed by atoms with Crippen LogP contribution in [0.5, 0.6) is 0 Å². The summed E-state index contributed by atoms with van der Waals surface area (Å²) in [5.41, 5.74) is 26.1. The molecule has 4 aromatic carbocycles. The summed E-state index contributed by atoms with van der Waals surface area (Å²) >= 11 is 0. The molecule has 0 bridgehead atoms. The molecule has 22 rings (SSSR count). The quantitative estimate of drug-likeness (QED) is 0.129. The van der Waals surface area contributed by atoms with E-state index in [9.17, 15) is 0 Å². The van der Waals surface area contributed by atoms with E-state index >= 15 is 0 Å². The maximum Gasteiger partial charge on any atom is 0.0987 e. The van der Waals surface area contributed by atoms with Gasteiger partial charge in [0.15, 0.2) is 0 Å². The highest BCUT2D eigenvalue weighted by Gasteiger charge is 2.22. The summed E-state index contributed by atoms with van der Waals surface area (Å²) < 4.78 is 0. The molecule has 0 fully saturated rings. The van der Waals surface area contributed by atoms with E-state index in [0.29, 0.717) is 33.1 Å². The lowest BCUT2D eigenvalue weighted by atomic mass is 10.0. The lowest BCUT2D eigenvalue weighted by molar-refractivity contribution is 1.29. The fourth-order valence-electron chi connectivity index (χ4n) is 15.0. The van der Waals surface area contributed by atoms with Gasteiger partial charge in [-0.25, -0.2) is 39.9 Å². The zero-order valence-electron chi connectivity index (χ0n) is 55.6. The van der Waals surface area contributed by atoms with Crippen LogP contribution in [0, 0.1) is 0 Å². The Morgan fingerprint density at radius 2 is 0.283 bits per heavy atom. The van der Waals surface area contributed by atoms with Crippen molar-refractivity contribution in [1.82, 2.24) is 89.7 Å². The maximum absolute atomic E-state index is 5.43. The summed E-state index contributed by atoms with van der Waals surface area (Å²) in [6, 6.07) is 73.1. The number of aromatic nitrogens is 18. The summed E-state index contributed by atoms with van der Waals surface area (Å²) in [5, 5.41) is 7.64.